The molecule has 3 aromatic carbocycles. The average molecular weight is 452 g/mol. The molecule has 0 spiro atoms. The minimum Gasteiger partial charge on any atom is -0.497 e. The normalized spacial score (nSPS) is 13.7. The van der Waals surface area contributed by atoms with Gasteiger partial charge in [0, 0.05) is 19.2 Å². The lowest BCUT2D eigenvalue weighted by molar-refractivity contribution is 0.174. The van der Waals surface area contributed by atoms with Gasteiger partial charge in [-0.25, -0.2) is 0 Å². The van der Waals surface area contributed by atoms with Crippen molar-refractivity contribution >= 4 is 21.5 Å². The fourth-order valence-electron chi connectivity index (χ4n) is 4.80. The summed E-state index contributed by atoms with van der Waals surface area (Å²) in [4.78, 5) is 0. The van der Waals surface area contributed by atoms with Gasteiger partial charge in [0.05, 0.1) is 7.11 Å². The summed E-state index contributed by atoms with van der Waals surface area (Å²) in [7, 11) is 1.71. The van der Waals surface area contributed by atoms with Crippen molar-refractivity contribution in [2.24, 2.45) is 0 Å². The third-order valence-corrected chi connectivity index (χ3v) is 6.69. The lowest BCUT2D eigenvalue weighted by Crippen LogP contribution is -2.28. The predicted octanol–water partition coefficient (Wildman–Crippen LogP) is 6.32. The summed E-state index contributed by atoms with van der Waals surface area (Å²) < 4.78 is 16.8. The molecule has 3 aromatic rings. The van der Waals surface area contributed by atoms with E-state index in [0.29, 0.717) is 12.6 Å². The smallest absolute Gasteiger partial charge is 0.231 e. The van der Waals surface area contributed by atoms with E-state index in [1.807, 2.05) is 6.07 Å². The molecule has 1 unspecified atom stereocenters. The number of ether oxygens (including phenoxy) is 3. The number of aliphatic hydroxyl groups excluding tert-OH is 1. The number of aliphatic hydroxyl groups is 1. The molecular weight excluding hydrogens is 414 g/mol. The van der Waals surface area contributed by atoms with E-state index >= 15 is 0 Å². The van der Waals surface area contributed by atoms with Crippen molar-refractivity contribution in [3.8, 4) is 17.2 Å². The monoisotopic (exact) mass is 451 g/mol. The molecule has 0 aromatic heterocycles. The fraction of sp³-hybridized carbons (Fsp3) is 0.500. The second kappa shape index (κ2) is 11.6. The maximum atomic E-state index is 9.10. The molecule has 0 saturated heterocycles. The molecule has 1 atom stereocenters. The van der Waals surface area contributed by atoms with E-state index < -0.39 is 0 Å². The molecule has 4 rings (SSSR count). The lowest BCUT2D eigenvalue weighted by atomic mass is 9.95. The lowest BCUT2D eigenvalue weighted by Gasteiger charge is -2.20. The number of rotatable bonds is 13. The summed E-state index contributed by atoms with van der Waals surface area (Å²) in [6, 6.07) is 13.3. The number of fused-ring (bicyclic) bond motifs is 4. The first-order valence-corrected chi connectivity index (χ1v) is 12.4. The highest BCUT2D eigenvalue weighted by Crippen LogP contribution is 2.40. The van der Waals surface area contributed by atoms with Crippen LogP contribution in [0.4, 0.5) is 0 Å². The van der Waals surface area contributed by atoms with Crippen LogP contribution in [0, 0.1) is 0 Å². The molecular formula is C28H37NO4. The SMILES string of the molecule is CCCCCC(CCCCCO)NCc1cc2cc3c(cc2c2cc(OC)ccc12)OCO3. The van der Waals surface area contributed by atoms with Crippen molar-refractivity contribution in [3.63, 3.8) is 0 Å². The van der Waals surface area contributed by atoms with Gasteiger partial charge in [-0.3, -0.25) is 0 Å². The zero-order chi connectivity index (χ0) is 23.0. The Morgan fingerprint density at radius 1 is 0.909 bits per heavy atom. The van der Waals surface area contributed by atoms with Crippen LogP contribution in [0.3, 0.4) is 0 Å². The van der Waals surface area contributed by atoms with Gasteiger partial charge in [-0.1, -0.05) is 45.1 Å². The zero-order valence-corrected chi connectivity index (χ0v) is 20.0. The van der Waals surface area contributed by atoms with Crippen LogP contribution in [0.2, 0.25) is 0 Å². The molecule has 1 heterocycles. The quantitative estimate of drug-likeness (QED) is 0.235. The van der Waals surface area contributed by atoms with Gasteiger partial charge in [0.1, 0.15) is 5.75 Å². The predicted molar refractivity (Wildman–Crippen MR) is 134 cm³/mol. The van der Waals surface area contributed by atoms with Crippen molar-refractivity contribution in [2.45, 2.75) is 70.9 Å². The van der Waals surface area contributed by atoms with Crippen LogP contribution in [0.1, 0.15) is 63.9 Å². The first kappa shape index (κ1) is 23.7. The minimum absolute atomic E-state index is 0.275. The van der Waals surface area contributed by atoms with E-state index in [2.05, 4.69) is 42.6 Å². The molecule has 0 fully saturated rings. The zero-order valence-electron chi connectivity index (χ0n) is 20.0. The number of nitrogens with one attached hydrogen (secondary N) is 1. The standard InChI is InChI=1S/C28H37NO4/c1-3-4-6-9-22(10-7-5-8-13-30)29-18-21-14-20-15-27-28(33-19-32-27)17-25(20)26-16-23(31-2)11-12-24(21)26/h11-12,14-17,22,29-30H,3-10,13,18-19H2,1-2H3. The van der Waals surface area contributed by atoms with Gasteiger partial charge in [0.2, 0.25) is 6.79 Å². The molecule has 178 valence electrons. The molecule has 0 radical (unpaired) electrons. The fourth-order valence-corrected chi connectivity index (χ4v) is 4.80. The molecule has 33 heavy (non-hydrogen) atoms. The highest BCUT2D eigenvalue weighted by atomic mass is 16.7. The van der Waals surface area contributed by atoms with E-state index in [1.165, 1.54) is 42.0 Å². The second-order valence-corrected chi connectivity index (χ2v) is 9.02. The summed E-state index contributed by atoms with van der Waals surface area (Å²) >= 11 is 0. The molecule has 0 aliphatic carbocycles. The Labute approximate surface area is 197 Å². The molecule has 5 nitrogen and oxygen atoms in total. The van der Waals surface area contributed by atoms with Gasteiger partial charge in [0.15, 0.2) is 11.5 Å². The van der Waals surface area contributed by atoms with Crippen LogP contribution >= 0.6 is 0 Å². The number of methoxy groups -OCH3 is 1. The van der Waals surface area contributed by atoms with Gasteiger partial charge in [-0.2, -0.15) is 0 Å². The first-order chi connectivity index (χ1) is 16.2. The van der Waals surface area contributed by atoms with Crippen molar-refractivity contribution < 1.29 is 19.3 Å². The van der Waals surface area contributed by atoms with Gasteiger partial charge in [0.25, 0.3) is 0 Å². The molecule has 1 aliphatic heterocycles. The highest BCUT2D eigenvalue weighted by molar-refractivity contribution is 6.10. The van der Waals surface area contributed by atoms with E-state index in [0.717, 1.165) is 60.2 Å². The average Bonchev–Trinajstić information content (AvgIpc) is 3.30. The van der Waals surface area contributed by atoms with Crippen LogP contribution in [0.15, 0.2) is 36.4 Å². The maximum Gasteiger partial charge on any atom is 0.231 e. The summed E-state index contributed by atoms with van der Waals surface area (Å²) in [6.45, 7) is 3.64. The van der Waals surface area contributed by atoms with E-state index in [-0.39, 0.29) is 6.79 Å². The van der Waals surface area contributed by atoms with Crippen molar-refractivity contribution in [2.75, 3.05) is 20.5 Å². The van der Waals surface area contributed by atoms with E-state index in [4.69, 9.17) is 19.3 Å². The van der Waals surface area contributed by atoms with Crippen molar-refractivity contribution in [1.82, 2.24) is 5.32 Å². The van der Waals surface area contributed by atoms with Crippen LogP contribution < -0.4 is 19.5 Å². The maximum absolute atomic E-state index is 9.10. The largest absolute Gasteiger partial charge is 0.497 e. The van der Waals surface area contributed by atoms with Crippen molar-refractivity contribution in [1.29, 1.82) is 0 Å². The topological polar surface area (TPSA) is 60.0 Å². The third kappa shape index (κ3) is 5.71. The molecule has 0 bridgehead atoms. The molecule has 1 aliphatic rings. The van der Waals surface area contributed by atoms with Crippen LogP contribution in [0.25, 0.3) is 21.5 Å². The number of hydrogen-bond donors (Lipinski definition) is 2. The summed E-state index contributed by atoms with van der Waals surface area (Å²) in [6.07, 6.45) is 9.28. The second-order valence-electron chi connectivity index (χ2n) is 9.02. The first-order valence-electron chi connectivity index (χ1n) is 12.4. The van der Waals surface area contributed by atoms with Gasteiger partial charge in [-0.15, -0.1) is 0 Å². The molecule has 2 N–H and O–H groups in total. The van der Waals surface area contributed by atoms with Crippen LogP contribution in [-0.4, -0.2) is 31.7 Å². The number of hydrogen-bond acceptors (Lipinski definition) is 5. The Morgan fingerprint density at radius 2 is 1.70 bits per heavy atom. The van der Waals surface area contributed by atoms with Gasteiger partial charge < -0.3 is 24.6 Å². The Morgan fingerprint density at radius 3 is 2.45 bits per heavy atom. The molecule has 0 amide bonds. The number of unbranched alkanes of at least 4 members (excludes halogenated alkanes) is 4. The summed E-state index contributed by atoms with van der Waals surface area (Å²) in [5.74, 6) is 2.47. The Balaban J connectivity index is 1.61. The summed E-state index contributed by atoms with van der Waals surface area (Å²) in [5.41, 5.74) is 1.29. The minimum atomic E-state index is 0.275. The van der Waals surface area contributed by atoms with Crippen LogP contribution in [0.5, 0.6) is 17.2 Å². The summed E-state index contributed by atoms with van der Waals surface area (Å²) in [5, 5.41) is 17.7. The Kier molecular flexibility index (Phi) is 8.30. The van der Waals surface area contributed by atoms with Crippen molar-refractivity contribution in [3.05, 3.63) is 42.0 Å². The molecule has 0 saturated carbocycles. The Hall–Kier alpha value is -2.50. The van der Waals surface area contributed by atoms with Gasteiger partial charge >= 0.3 is 0 Å². The highest BCUT2D eigenvalue weighted by Gasteiger charge is 2.17. The van der Waals surface area contributed by atoms with Crippen LogP contribution in [-0.2, 0) is 6.54 Å². The van der Waals surface area contributed by atoms with Gasteiger partial charge in [-0.05, 0) is 76.7 Å². The Bertz CT molecular complexity index is 1060. The van der Waals surface area contributed by atoms with E-state index in [1.54, 1.807) is 7.11 Å². The number of benzene rings is 3. The van der Waals surface area contributed by atoms with E-state index in [9.17, 15) is 0 Å². The molecule has 5 heteroatoms. The third-order valence-electron chi connectivity index (χ3n) is 6.69.